The van der Waals surface area contributed by atoms with Gasteiger partial charge < -0.3 is 14.5 Å². The zero-order valence-electron chi connectivity index (χ0n) is 16.7. The first-order valence-corrected chi connectivity index (χ1v) is 9.68. The van der Waals surface area contributed by atoms with Crippen LogP contribution >= 0.6 is 0 Å². The first-order valence-electron chi connectivity index (χ1n) is 9.68. The van der Waals surface area contributed by atoms with Crippen LogP contribution in [-0.4, -0.2) is 21.5 Å². The van der Waals surface area contributed by atoms with E-state index in [4.69, 9.17) is 9.47 Å². The first-order chi connectivity index (χ1) is 15.1. The monoisotopic (exact) mass is 417 g/mol. The summed E-state index contributed by atoms with van der Waals surface area (Å²) < 4.78 is 11.5. The molecule has 1 N–H and O–H groups in total. The molecule has 31 heavy (non-hydrogen) atoms. The molecule has 1 heterocycles. The Kier molecular flexibility index (Phi) is 5.61. The second kappa shape index (κ2) is 8.66. The molecule has 156 valence electrons. The number of aromatic nitrogens is 2. The van der Waals surface area contributed by atoms with E-state index < -0.39 is 4.92 Å². The van der Waals surface area contributed by atoms with Gasteiger partial charge in [0.05, 0.1) is 28.0 Å². The lowest BCUT2D eigenvalue weighted by molar-refractivity contribution is -0.385. The highest BCUT2D eigenvalue weighted by atomic mass is 16.6. The van der Waals surface area contributed by atoms with E-state index >= 15 is 0 Å². The molecule has 0 saturated carbocycles. The van der Waals surface area contributed by atoms with Crippen LogP contribution in [0.3, 0.4) is 0 Å². The number of para-hydroxylation sites is 2. The van der Waals surface area contributed by atoms with Gasteiger partial charge in [-0.1, -0.05) is 24.3 Å². The Hall–Kier alpha value is -4.20. The second-order valence-corrected chi connectivity index (χ2v) is 6.70. The van der Waals surface area contributed by atoms with E-state index in [9.17, 15) is 14.9 Å². The lowest BCUT2D eigenvalue weighted by atomic mass is 10.1. The number of nitro groups is 1. The highest BCUT2D eigenvalue weighted by Gasteiger charge is 2.15. The van der Waals surface area contributed by atoms with Crippen LogP contribution in [0.5, 0.6) is 11.5 Å². The van der Waals surface area contributed by atoms with Crippen molar-refractivity contribution >= 4 is 16.6 Å². The van der Waals surface area contributed by atoms with Crippen molar-refractivity contribution in [3.05, 3.63) is 92.8 Å². The third-order valence-corrected chi connectivity index (χ3v) is 4.70. The molecule has 0 radical (unpaired) electrons. The van der Waals surface area contributed by atoms with Crippen molar-refractivity contribution in [2.75, 3.05) is 6.61 Å². The predicted molar refractivity (Wildman–Crippen MR) is 116 cm³/mol. The van der Waals surface area contributed by atoms with E-state index in [-0.39, 0.29) is 17.9 Å². The van der Waals surface area contributed by atoms with Crippen molar-refractivity contribution in [1.29, 1.82) is 0 Å². The van der Waals surface area contributed by atoms with Gasteiger partial charge in [-0.05, 0) is 43.3 Å². The van der Waals surface area contributed by atoms with Gasteiger partial charge in [-0.2, -0.15) is 0 Å². The summed E-state index contributed by atoms with van der Waals surface area (Å²) in [6.07, 6.45) is 0. The molecule has 0 atom stereocenters. The van der Waals surface area contributed by atoms with Gasteiger partial charge in [0.2, 0.25) is 0 Å². The van der Waals surface area contributed by atoms with Gasteiger partial charge in [0, 0.05) is 11.6 Å². The standard InChI is InChI=1S/C23H19N3O5/c1-2-30-21-13-15(22-24-18-9-5-4-8-17(18)23(27)25-22)11-12-20(21)31-14-16-7-3-6-10-19(16)26(28)29/h3-13H,2,14H2,1H3,(H,24,25,27). The van der Waals surface area contributed by atoms with E-state index in [0.29, 0.717) is 46.0 Å². The molecule has 0 aliphatic heterocycles. The number of nitrogens with zero attached hydrogens (tertiary/aromatic N) is 2. The van der Waals surface area contributed by atoms with E-state index in [1.807, 2.05) is 13.0 Å². The smallest absolute Gasteiger partial charge is 0.276 e. The second-order valence-electron chi connectivity index (χ2n) is 6.70. The van der Waals surface area contributed by atoms with Crippen LogP contribution in [0.2, 0.25) is 0 Å². The molecule has 0 bridgehead atoms. The summed E-state index contributed by atoms with van der Waals surface area (Å²) in [5.41, 5.74) is 1.48. The number of benzene rings is 3. The largest absolute Gasteiger partial charge is 0.490 e. The molecule has 3 aromatic carbocycles. The Morgan fingerprint density at radius 3 is 2.58 bits per heavy atom. The van der Waals surface area contributed by atoms with Gasteiger partial charge in [0.15, 0.2) is 11.5 Å². The molecule has 4 rings (SSSR count). The fourth-order valence-electron chi connectivity index (χ4n) is 3.23. The number of ether oxygens (including phenoxy) is 2. The Bertz CT molecular complexity index is 1320. The molecule has 0 saturated heterocycles. The van der Waals surface area contributed by atoms with Crippen LogP contribution in [0.25, 0.3) is 22.3 Å². The maximum atomic E-state index is 12.4. The van der Waals surface area contributed by atoms with Crippen LogP contribution in [0.4, 0.5) is 5.69 Å². The summed E-state index contributed by atoms with van der Waals surface area (Å²) >= 11 is 0. The molecule has 0 unspecified atom stereocenters. The summed E-state index contributed by atoms with van der Waals surface area (Å²) in [6, 6.07) is 18.7. The van der Waals surface area contributed by atoms with Gasteiger partial charge in [0.1, 0.15) is 12.4 Å². The zero-order valence-corrected chi connectivity index (χ0v) is 16.7. The minimum Gasteiger partial charge on any atom is -0.490 e. The van der Waals surface area contributed by atoms with Crippen molar-refractivity contribution in [2.24, 2.45) is 0 Å². The predicted octanol–water partition coefficient (Wildman–Crippen LogP) is 4.48. The fraction of sp³-hybridized carbons (Fsp3) is 0.130. The number of fused-ring (bicyclic) bond motifs is 1. The van der Waals surface area contributed by atoms with Crippen molar-refractivity contribution in [3.63, 3.8) is 0 Å². The summed E-state index contributed by atoms with van der Waals surface area (Å²) in [5, 5.41) is 11.7. The number of rotatable bonds is 7. The van der Waals surface area contributed by atoms with Crippen molar-refractivity contribution in [1.82, 2.24) is 9.97 Å². The van der Waals surface area contributed by atoms with Gasteiger partial charge in [-0.25, -0.2) is 4.98 Å². The minimum atomic E-state index is -0.438. The van der Waals surface area contributed by atoms with Crippen LogP contribution < -0.4 is 15.0 Å². The van der Waals surface area contributed by atoms with Crippen molar-refractivity contribution in [2.45, 2.75) is 13.5 Å². The van der Waals surface area contributed by atoms with Gasteiger partial charge in [-0.15, -0.1) is 0 Å². The average molecular weight is 417 g/mol. The van der Waals surface area contributed by atoms with E-state index in [0.717, 1.165) is 0 Å². The van der Waals surface area contributed by atoms with Gasteiger partial charge >= 0.3 is 0 Å². The molecule has 0 amide bonds. The summed E-state index contributed by atoms with van der Waals surface area (Å²) in [6.45, 7) is 2.25. The molecule has 0 aliphatic carbocycles. The van der Waals surface area contributed by atoms with Crippen molar-refractivity contribution < 1.29 is 14.4 Å². The van der Waals surface area contributed by atoms with Crippen LogP contribution in [-0.2, 0) is 6.61 Å². The quantitative estimate of drug-likeness (QED) is 0.351. The Morgan fingerprint density at radius 2 is 1.77 bits per heavy atom. The van der Waals surface area contributed by atoms with Crippen molar-refractivity contribution in [3.8, 4) is 22.9 Å². The third kappa shape index (κ3) is 4.23. The SMILES string of the molecule is CCOc1cc(-c2nc3ccccc3c(=O)[nH]2)ccc1OCc1ccccc1[N+](=O)[O-]. The lowest BCUT2D eigenvalue weighted by Gasteiger charge is -2.13. The molecule has 1 aromatic heterocycles. The Balaban J connectivity index is 1.66. The first kappa shape index (κ1) is 20.1. The highest BCUT2D eigenvalue weighted by molar-refractivity contribution is 5.79. The van der Waals surface area contributed by atoms with E-state index in [2.05, 4.69) is 9.97 Å². The number of hydrogen-bond acceptors (Lipinski definition) is 6. The average Bonchev–Trinajstić information content (AvgIpc) is 2.78. The molecule has 0 spiro atoms. The summed E-state index contributed by atoms with van der Waals surface area (Å²) in [4.78, 5) is 30.5. The number of nitro benzene ring substituents is 1. The summed E-state index contributed by atoms with van der Waals surface area (Å²) in [5.74, 6) is 1.30. The normalized spacial score (nSPS) is 10.7. The maximum absolute atomic E-state index is 12.4. The van der Waals surface area contributed by atoms with Gasteiger partial charge in [0.25, 0.3) is 11.2 Å². The van der Waals surface area contributed by atoms with E-state index in [1.54, 1.807) is 54.6 Å². The number of H-pyrrole nitrogens is 1. The molecule has 4 aromatic rings. The molecule has 8 nitrogen and oxygen atoms in total. The highest BCUT2D eigenvalue weighted by Crippen LogP contribution is 2.33. The van der Waals surface area contributed by atoms with Gasteiger partial charge in [-0.3, -0.25) is 14.9 Å². The van der Waals surface area contributed by atoms with Crippen LogP contribution in [0.15, 0.2) is 71.5 Å². The molecular formula is C23H19N3O5. The number of nitrogens with one attached hydrogen (secondary N) is 1. The topological polar surface area (TPSA) is 107 Å². The van der Waals surface area contributed by atoms with E-state index in [1.165, 1.54) is 6.07 Å². The fourth-order valence-corrected chi connectivity index (χ4v) is 3.23. The molecule has 0 fully saturated rings. The lowest BCUT2D eigenvalue weighted by Crippen LogP contribution is -2.09. The minimum absolute atomic E-state index is 0.00461. The number of aromatic amines is 1. The number of hydrogen-bond donors (Lipinski definition) is 1. The maximum Gasteiger partial charge on any atom is 0.276 e. The molecular weight excluding hydrogens is 398 g/mol. The van der Waals surface area contributed by atoms with Crippen LogP contribution in [0, 0.1) is 10.1 Å². The van der Waals surface area contributed by atoms with Crippen LogP contribution in [0.1, 0.15) is 12.5 Å². The summed E-state index contributed by atoms with van der Waals surface area (Å²) in [7, 11) is 0. The molecule has 8 heteroatoms. The molecule has 0 aliphatic rings. The Morgan fingerprint density at radius 1 is 1.00 bits per heavy atom. The third-order valence-electron chi connectivity index (χ3n) is 4.70. The Labute approximate surface area is 177 Å². The zero-order chi connectivity index (χ0) is 21.8.